The van der Waals surface area contributed by atoms with E-state index in [-0.39, 0.29) is 11.5 Å². The Hall–Kier alpha value is -2.83. The highest BCUT2D eigenvalue weighted by Gasteiger charge is 2.14. The normalized spacial score (nSPS) is 11.1. The van der Waals surface area contributed by atoms with Gasteiger partial charge in [-0.3, -0.25) is 4.57 Å². The standard InChI is InChI=1S/C18H24N6O/c1-3-5-10-20-17-22-15(19)14-16(23-17)24(18(25)21-14)11-13-8-6-12(4-2)7-9-13/h6-9H,3-5,10-11H2,1-2H3,(H,21,25)(H3,19,20,22,23). The highest BCUT2D eigenvalue weighted by atomic mass is 16.1. The van der Waals surface area contributed by atoms with Gasteiger partial charge in [-0.25, -0.2) is 4.79 Å². The van der Waals surface area contributed by atoms with Gasteiger partial charge in [-0.1, -0.05) is 44.5 Å². The van der Waals surface area contributed by atoms with Crippen molar-refractivity contribution in [2.45, 2.75) is 39.7 Å². The lowest BCUT2D eigenvalue weighted by Gasteiger charge is -2.07. The third kappa shape index (κ3) is 3.65. The van der Waals surface area contributed by atoms with Gasteiger partial charge in [0.1, 0.15) is 5.52 Å². The molecule has 3 aromatic rings. The molecule has 0 aliphatic rings. The number of nitrogens with one attached hydrogen (secondary N) is 2. The Kier molecular flexibility index (Phi) is 5.02. The van der Waals surface area contributed by atoms with E-state index < -0.39 is 0 Å². The minimum Gasteiger partial charge on any atom is -0.382 e. The number of nitrogens with zero attached hydrogens (tertiary/aromatic N) is 3. The summed E-state index contributed by atoms with van der Waals surface area (Å²) in [6.45, 7) is 5.45. The molecule has 0 atom stereocenters. The number of anilines is 2. The zero-order valence-electron chi connectivity index (χ0n) is 14.7. The van der Waals surface area contributed by atoms with Crippen LogP contribution >= 0.6 is 0 Å². The summed E-state index contributed by atoms with van der Waals surface area (Å²) in [5.41, 5.74) is 9.08. The number of aromatic amines is 1. The zero-order chi connectivity index (χ0) is 17.8. The molecule has 1 aromatic carbocycles. The summed E-state index contributed by atoms with van der Waals surface area (Å²) in [7, 11) is 0. The molecule has 0 saturated carbocycles. The van der Waals surface area contributed by atoms with Crippen molar-refractivity contribution in [3.05, 3.63) is 45.9 Å². The van der Waals surface area contributed by atoms with Gasteiger partial charge in [0.2, 0.25) is 5.95 Å². The Morgan fingerprint density at radius 2 is 1.88 bits per heavy atom. The molecular weight excluding hydrogens is 316 g/mol. The van der Waals surface area contributed by atoms with Crippen molar-refractivity contribution in [2.75, 3.05) is 17.6 Å². The number of benzene rings is 1. The molecule has 0 spiro atoms. The third-order valence-electron chi connectivity index (χ3n) is 4.24. The average molecular weight is 340 g/mol. The van der Waals surface area contributed by atoms with Gasteiger partial charge in [-0.2, -0.15) is 9.97 Å². The van der Waals surface area contributed by atoms with Crippen molar-refractivity contribution in [2.24, 2.45) is 0 Å². The fourth-order valence-electron chi connectivity index (χ4n) is 2.72. The summed E-state index contributed by atoms with van der Waals surface area (Å²) < 4.78 is 1.60. The number of nitrogen functional groups attached to an aromatic ring is 1. The molecule has 0 aliphatic carbocycles. The van der Waals surface area contributed by atoms with E-state index in [1.165, 1.54) is 5.56 Å². The molecule has 0 fully saturated rings. The van der Waals surface area contributed by atoms with Crippen LogP contribution in [0.3, 0.4) is 0 Å². The Bertz CT molecular complexity index is 910. The highest BCUT2D eigenvalue weighted by molar-refractivity contribution is 5.82. The number of hydrogen-bond acceptors (Lipinski definition) is 5. The maximum atomic E-state index is 12.4. The van der Waals surface area contributed by atoms with E-state index in [1.807, 2.05) is 12.1 Å². The van der Waals surface area contributed by atoms with Crippen LogP contribution in [0.1, 0.15) is 37.8 Å². The first-order valence-electron chi connectivity index (χ1n) is 8.70. The second kappa shape index (κ2) is 7.38. The van der Waals surface area contributed by atoms with Gasteiger partial charge in [0.05, 0.1) is 6.54 Å². The molecule has 0 bridgehead atoms. The van der Waals surface area contributed by atoms with E-state index in [9.17, 15) is 4.79 Å². The quantitative estimate of drug-likeness (QED) is 0.574. The van der Waals surface area contributed by atoms with E-state index in [4.69, 9.17) is 5.73 Å². The summed E-state index contributed by atoms with van der Waals surface area (Å²) in [5.74, 6) is 0.730. The predicted molar refractivity (Wildman–Crippen MR) is 101 cm³/mol. The van der Waals surface area contributed by atoms with Gasteiger partial charge in [0, 0.05) is 6.54 Å². The molecule has 2 aromatic heterocycles. The summed E-state index contributed by atoms with van der Waals surface area (Å²) in [6, 6.07) is 8.23. The molecule has 0 amide bonds. The highest BCUT2D eigenvalue weighted by Crippen LogP contribution is 2.17. The number of imidazole rings is 1. The summed E-state index contributed by atoms with van der Waals surface area (Å²) in [6.07, 6.45) is 3.09. The summed E-state index contributed by atoms with van der Waals surface area (Å²) in [5, 5.41) is 3.16. The molecule has 25 heavy (non-hydrogen) atoms. The van der Waals surface area contributed by atoms with Gasteiger partial charge in [0.25, 0.3) is 0 Å². The van der Waals surface area contributed by atoms with Crippen LogP contribution in [0.4, 0.5) is 11.8 Å². The fraction of sp³-hybridized carbons (Fsp3) is 0.389. The van der Waals surface area contributed by atoms with Gasteiger partial charge < -0.3 is 16.0 Å². The Morgan fingerprint density at radius 1 is 1.16 bits per heavy atom. The van der Waals surface area contributed by atoms with Gasteiger partial charge in [0.15, 0.2) is 11.5 Å². The van der Waals surface area contributed by atoms with Crippen LogP contribution in [0.15, 0.2) is 29.1 Å². The molecule has 0 unspecified atom stereocenters. The van der Waals surface area contributed by atoms with Crippen molar-refractivity contribution in [3.63, 3.8) is 0 Å². The van der Waals surface area contributed by atoms with E-state index in [0.717, 1.165) is 31.4 Å². The minimum absolute atomic E-state index is 0.235. The predicted octanol–water partition coefficient (Wildman–Crippen LogP) is 2.52. The first-order chi connectivity index (χ1) is 12.1. The number of aromatic nitrogens is 4. The first-order valence-corrected chi connectivity index (χ1v) is 8.70. The lowest BCUT2D eigenvalue weighted by molar-refractivity contribution is 0.776. The smallest absolute Gasteiger partial charge is 0.328 e. The second-order valence-corrected chi connectivity index (χ2v) is 6.10. The average Bonchev–Trinajstić information content (AvgIpc) is 2.93. The van der Waals surface area contributed by atoms with Crippen molar-refractivity contribution in [1.29, 1.82) is 0 Å². The molecule has 7 heteroatoms. The third-order valence-corrected chi connectivity index (χ3v) is 4.24. The first kappa shape index (κ1) is 17.0. The number of unbranched alkanes of at least 4 members (excludes halogenated alkanes) is 1. The lowest BCUT2D eigenvalue weighted by Crippen LogP contribution is -2.18. The van der Waals surface area contributed by atoms with Crippen LogP contribution in [-0.4, -0.2) is 26.1 Å². The number of H-pyrrole nitrogens is 1. The molecule has 132 valence electrons. The van der Waals surface area contributed by atoms with Crippen LogP contribution in [-0.2, 0) is 13.0 Å². The number of hydrogen-bond donors (Lipinski definition) is 3. The van der Waals surface area contributed by atoms with Gasteiger partial charge in [-0.15, -0.1) is 0 Å². The number of nitrogens with two attached hydrogens (primary N) is 1. The molecule has 4 N–H and O–H groups in total. The van der Waals surface area contributed by atoms with E-state index in [0.29, 0.717) is 23.7 Å². The Balaban J connectivity index is 1.95. The number of rotatable bonds is 7. The monoisotopic (exact) mass is 340 g/mol. The van der Waals surface area contributed by atoms with Crippen molar-refractivity contribution in [3.8, 4) is 0 Å². The second-order valence-electron chi connectivity index (χ2n) is 6.10. The van der Waals surface area contributed by atoms with Crippen molar-refractivity contribution < 1.29 is 0 Å². The molecule has 3 rings (SSSR count). The largest absolute Gasteiger partial charge is 0.382 e. The topological polar surface area (TPSA) is 102 Å². The number of aryl methyl sites for hydroxylation is 1. The van der Waals surface area contributed by atoms with Gasteiger partial charge >= 0.3 is 5.69 Å². The maximum absolute atomic E-state index is 12.4. The van der Waals surface area contributed by atoms with E-state index >= 15 is 0 Å². The van der Waals surface area contributed by atoms with Gasteiger partial charge in [-0.05, 0) is 24.0 Å². The molecule has 0 aliphatic heterocycles. The number of fused-ring (bicyclic) bond motifs is 1. The summed E-state index contributed by atoms with van der Waals surface area (Å²) >= 11 is 0. The minimum atomic E-state index is -0.235. The Morgan fingerprint density at radius 3 is 2.56 bits per heavy atom. The van der Waals surface area contributed by atoms with Crippen molar-refractivity contribution >= 4 is 22.9 Å². The van der Waals surface area contributed by atoms with Crippen molar-refractivity contribution in [1.82, 2.24) is 19.5 Å². The summed E-state index contributed by atoms with van der Waals surface area (Å²) in [4.78, 5) is 23.8. The van der Waals surface area contributed by atoms with Crippen LogP contribution in [0.25, 0.3) is 11.2 Å². The van der Waals surface area contributed by atoms with E-state index in [1.54, 1.807) is 4.57 Å². The lowest BCUT2D eigenvalue weighted by atomic mass is 10.1. The van der Waals surface area contributed by atoms with E-state index in [2.05, 4.69) is 46.2 Å². The SMILES string of the molecule is CCCCNc1nc(N)c2[nH]c(=O)n(Cc3ccc(CC)cc3)c2n1. The zero-order valence-corrected chi connectivity index (χ0v) is 14.7. The van der Waals surface area contributed by atoms with Crippen LogP contribution in [0.2, 0.25) is 0 Å². The van der Waals surface area contributed by atoms with Crippen LogP contribution in [0.5, 0.6) is 0 Å². The fourth-order valence-corrected chi connectivity index (χ4v) is 2.72. The maximum Gasteiger partial charge on any atom is 0.328 e. The molecule has 2 heterocycles. The van der Waals surface area contributed by atoms with Crippen LogP contribution < -0.4 is 16.7 Å². The molecule has 0 radical (unpaired) electrons. The molecule has 7 nitrogen and oxygen atoms in total. The Labute approximate surface area is 146 Å². The van der Waals surface area contributed by atoms with Crippen LogP contribution in [0, 0.1) is 0 Å². The molecule has 0 saturated heterocycles. The molecular formula is C18H24N6O.